The molecular formula is C17H31NO5. The molecule has 0 radical (unpaired) electrons. The first-order chi connectivity index (χ1) is 10.7. The molecular weight excluding hydrogens is 298 g/mol. The van der Waals surface area contributed by atoms with Crippen molar-refractivity contribution < 1.29 is 24.2 Å². The molecule has 0 unspecified atom stereocenters. The number of amides is 1. The number of carboxylic acids is 1. The fourth-order valence-corrected chi connectivity index (χ4v) is 2.79. The Labute approximate surface area is 139 Å². The molecule has 134 valence electrons. The predicted octanol–water partition coefficient (Wildman–Crippen LogP) is 3.29. The van der Waals surface area contributed by atoms with Gasteiger partial charge in [-0.05, 0) is 46.5 Å². The third-order valence-corrected chi connectivity index (χ3v) is 3.98. The molecule has 0 aliphatic heterocycles. The van der Waals surface area contributed by atoms with Gasteiger partial charge in [0.2, 0.25) is 0 Å². The van der Waals surface area contributed by atoms with E-state index in [1.165, 1.54) is 24.2 Å². The average molecular weight is 329 g/mol. The van der Waals surface area contributed by atoms with Gasteiger partial charge in [-0.3, -0.25) is 4.90 Å². The van der Waals surface area contributed by atoms with Crippen LogP contribution in [0.1, 0.15) is 59.8 Å². The number of carbonyl (C=O) groups is 2. The Morgan fingerprint density at radius 3 is 2.30 bits per heavy atom. The number of hydrogen-bond donors (Lipinski definition) is 1. The normalized spacial score (nSPS) is 17.6. The van der Waals surface area contributed by atoms with E-state index in [1.807, 2.05) is 0 Å². The fourth-order valence-electron chi connectivity index (χ4n) is 2.79. The molecule has 0 aromatic rings. The average Bonchev–Trinajstić information content (AvgIpc) is 2.45. The van der Waals surface area contributed by atoms with Crippen LogP contribution in [0.15, 0.2) is 0 Å². The number of ether oxygens (including phenoxy) is 2. The summed E-state index contributed by atoms with van der Waals surface area (Å²) in [5, 5.41) is 9.43. The van der Waals surface area contributed by atoms with E-state index in [0.717, 1.165) is 12.8 Å². The van der Waals surface area contributed by atoms with Crippen LogP contribution in [0.3, 0.4) is 0 Å². The maximum atomic E-state index is 12.2. The molecule has 1 rings (SSSR count). The second kappa shape index (κ2) is 9.11. The van der Waals surface area contributed by atoms with Crippen LogP contribution < -0.4 is 0 Å². The molecule has 23 heavy (non-hydrogen) atoms. The van der Waals surface area contributed by atoms with Crippen molar-refractivity contribution in [3.05, 3.63) is 0 Å². The molecule has 1 fully saturated rings. The number of aliphatic carboxylic acids is 1. The predicted molar refractivity (Wildman–Crippen MR) is 87.4 cm³/mol. The molecule has 0 bridgehead atoms. The summed E-state index contributed by atoms with van der Waals surface area (Å²) < 4.78 is 10.9. The Bertz CT molecular complexity index is 385. The van der Waals surface area contributed by atoms with E-state index in [1.54, 1.807) is 27.7 Å². The summed E-state index contributed by atoms with van der Waals surface area (Å²) >= 11 is 0. The summed E-state index contributed by atoms with van der Waals surface area (Å²) in [6.07, 6.45) is 5.37. The number of nitrogens with zero attached hydrogens (tertiary/aromatic N) is 1. The van der Waals surface area contributed by atoms with Gasteiger partial charge in [0.05, 0.1) is 6.61 Å². The number of hydrogen-bond acceptors (Lipinski definition) is 4. The van der Waals surface area contributed by atoms with Gasteiger partial charge < -0.3 is 14.6 Å². The lowest BCUT2D eigenvalue weighted by molar-refractivity contribution is -0.145. The van der Waals surface area contributed by atoms with Crippen LogP contribution in [0.2, 0.25) is 0 Å². The van der Waals surface area contributed by atoms with Crippen LogP contribution >= 0.6 is 0 Å². The fraction of sp³-hybridized carbons (Fsp3) is 0.882. The zero-order chi connectivity index (χ0) is 17.5. The van der Waals surface area contributed by atoms with Gasteiger partial charge in [-0.1, -0.05) is 19.3 Å². The molecule has 0 aromatic carbocycles. The SMILES string of the molecule is CCN(C(=O)OC(C)(C)C)[C@@H](COCC1CCCCC1)C(=O)O. The maximum absolute atomic E-state index is 12.2. The van der Waals surface area contributed by atoms with Gasteiger partial charge in [0.15, 0.2) is 6.04 Å². The summed E-state index contributed by atoms with van der Waals surface area (Å²) in [6, 6.07) is -1.02. The zero-order valence-corrected chi connectivity index (χ0v) is 14.8. The molecule has 0 saturated heterocycles. The molecule has 6 heteroatoms. The first-order valence-corrected chi connectivity index (χ1v) is 8.54. The highest BCUT2D eigenvalue weighted by Crippen LogP contribution is 2.23. The van der Waals surface area contributed by atoms with E-state index >= 15 is 0 Å². The van der Waals surface area contributed by atoms with Crippen LogP contribution in [0, 0.1) is 5.92 Å². The lowest BCUT2D eigenvalue weighted by Crippen LogP contribution is -2.49. The van der Waals surface area contributed by atoms with Crippen molar-refractivity contribution in [2.45, 2.75) is 71.4 Å². The summed E-state index contributed by atoms with van der Waals surface area (Å²) in [5.41, 5.74) is -0.656. The molecule has 0 heterocycles. The van der Waals surface area contributed by atoms with Gasteiger partial charge in [0.1, 0.15) is 5.60 Å². The molecule has 1 aliphatic rings. The molecule has 0 aromatic heterocycles. The van der Waals surface area contributed by atoms with E-state index < -0.39 is 23.7 Å². The maximum Gasteiger partial charge on any atom is 0.411 e. The van der Waals surface area contributed by atoms with Crippen molar-refractivity contribution in [2.24, 2.45) is 5.92 Å². The van der Waals surface area contributed by atoms with Crippen molar-refractivity contribution >= 4 is 12.1 Å². The van der Waals surface area contributed by atoms with Crippen molar-refractivity contribution in [3.63, 3.8) is 0 Å². The molecule has 1 amide bonds. The molecule has 6 nitrogen and oxygen atoms in total. The van der Waals surface area contributed by atoms with E-state index in [2.05, 4.69) is 0 Å². The standard InChI is InChI=1S/C17H31NO5/c1-5-18(16(21)23-17(2,3)4)14(15(19)20)12-22-11-13-9-7-6-8-10-13/h13-14H,5-12H2,1-4H3,(H,19,20)/t14-/m0/s1. The van der Waals surface area contributed by atoms with Crippen molar-refractivity contribution in [1.29, 1.82) is 0 Å². The van der Waals surface area contributed by atoms with E-state index in [0.29, 0.717) is 12.5 Å². The Balaban J connectivity index is 2.56. The monoisotopic (exact) mass is 329 g/mol. The lowest BCUT2D eigenvalue weighted by atomic mass is 9.90. The molecule has 1 N–H and O–H groups in total. The smallest absolute Gasteiger partial charge is 0.411 e. The van der Waals surface area contributed by atoms with Crippen LogP contribution in [-0.2, 0) is 14.3 Å². The minimum absolute atomic E-state index is 0.00108. The van der Waals surface area contributed by atoms with E-state index in [-0.39, 0.29) is 13.2 Å². The second-order valence-corrected chi connectivity index (χ2v) is 7.16. The van der Waals surface area contributed by atoms with E-state index in [9.17, 15) is 14.7 Å². The van der Waals surface area contributed by atoms with Gasteiger partial charge in [-0.2, -0.15) is 0 Å². The van der Waals surface area contributed by atoms with Gasteiger partial charge >= 0.3 is 12.1 Å². The third-order valence-electron chi connectivity index (χ3n) is 3.98. The van der Waals surface area contributed by atoms with Crippen molar-refractivity contribution in [3.8, 4) is 0 Å². The number of carbonyl (C=O) groups excluding carboxylic acids is 1. The largest absolute Gasteiger partial charge is 0.480 e. The summed E-state index contributed by atoms with van der Waals surface area (Å²) in [4.78, 5) is 24.9. The van der Waals surface area contributed by atoms with Gasteiger partial charge in [-0.15, -0.1) is 0 Å². The Hall–Kier alpha value is -1.30. The minimum Gasteiger partial charge on any atom is -0.480 e. The summed E-state index contributed by atoms with van der Waals surface area (Å²) in [7, 11) is 0. The van der Waals surface area contributed by atoms with Crippen LogP contribution in [0.25, 0.3) is 0 Å². The van der Waals surface area contributed by atoms with Crippen LogP contribution in [0.5, 0.6) is 0 Å². The topological polar surface area (TPSA) is 76.1 Å². The van der Waals surface area contributed by atoms with Gasteiger partial charge in [-0.25, -0.2) is 9.59 Å². The quantitative estimate of drug-likeness (QED) is 0.775. The Kier molecular flexibility index (Phi) is 7.82. The van der Waals surface area contributed by atoms with Gasteiger partial charge in [0, 0.05) is 13.2 Å². The molecule has 1 atom stereocenters. The highest BCUT2D eigenvalue weighted by atomic mass is 16.6. The Morgan fingerprint density at radius 1 is 1.22 bits per heavy atom. The number of carboxylic acid groups (broad SMARTS) is 1. The molecule has 1 aliphatic carbocycles. The molecule has 0 spiro atoms. The van der Waals surface area contributed by atoms with Crippen LogP contribution in [-0.4, -0.2) is 53.5 Å². The van der Waals surface area contributed by atoms with Gasteiger partial charge in [0.25, 0.3) is 0 Å². The first kappa shape index (κ1) is 19.7. The lowest BCUT2D eigenvalue weighted by Gasteiger charge is -2.31. The first-order valence-electron chi connectivity index (χ1n) is 8.54. The second-order valence-electron chi connectivity index (χ2n) is 7.16. The molecule has 1 saturated carbocycles. The van der Waals surface area contributed by atoms with E-state index in [4.69, 9.17) is 9.47 Å². The number of rotatable bonds is 7. The zero-order valence-electron chi connectivity index (χ0n) is 14.8. The van der Waals surface area contributed by atoms with Crippen molar-refractivity contribution in [1.82, 2.24) is 4.90 Å². The Morgan fingerprint density at radius 2 is 1.83 bits per heavy atom. The highest BCUT2D eigenvalue weighted by molar-refractivity contribution is 5.80. The summed E-state index contributed by atoms with van der Waals surface area (Å²) in [6.45, 7) is 7.84. The van der Waals surface area contributed by atoms with Crippen molar-refractivity contribution in [2.75, 3.05) is 19.8 Å². The third kappa shape index (κ3) is 7.20. The summed E-state index contributed by atoms with van der Waals surface area (Å²) in [5.74, 6) is -0.559. The van der Waals surface area contributed by atoms with Crippen LogP contribution in [0.4, 0.5) is 4.79 Å². The number of likely N-dealkylation sites (N-methyl/N-ethyl adjacent to an activating group) is 1. The minimum atomic E-state index is -1.07. The highest BCUT2D eigenvalue weighted by Gasteiger charge is 2.32.